The second kappa shape index (κ2) is 5.60. The quantitative estimate of drug-likeness (QED) is 0.901. The SMILES string of the molecule is CC1(C)CCC(CC(CO)c2ccccc2Cl)O1. The minimum absolute atomic E-state index is 0.0227. The number of aliphatic hydroxyl groups excluding tert-OH is 1. The lowest BCUT2D eigenvalue weighted by atomic mass is 9.92. The summed E-state index contributed by atoms with van der Waals surface area (Å²) < 4.78 is 5.99. The summed E-state index contributed by atoms with van der Waals surface area (Å²) in [5, 5.41) is 10.3. The zero-order chi connectivity index (χ0) is 13.2. The van der Waals surface area contributed by atoms with Crippen LogP contribution in [0.4, 0.5) is 0 Å². The van der Waals surface area contributed by atoms with Crippen LogP contribution in [0.5, 0.6) is 0 Å². The van der Waals surface area contributed by atoms with Crippen LogP contribution in [0.2, 0.25) is 5.02 Å². The van der Waals surface area contributed by atoms with Crippen LogP contribution < -0.4 is 0 Å². The number of hydrogen-bond acceptors (Lipinski definition) is 2. The van der Waals surface area contributed by atoms with Gasteiger partial charge in [-0.3, -0.25) is 0 Å². The average molecular weight is 269 g/mol. The Morgan fingerprint density at radius 2 is 2.17 bits per heavy atom. The van der Waals surface area contributed by atoms with Crippen molar-refractivity contribution in [2.75, 3.05) is 6.61 Å². The first-order chi connectivity index (χ1) is 8.52. The Hall–Kier alpha value is -0.570. The monoisotopic (exact) mass is 268 g/mol. The predicted octanol–water partition coefficient (Wildman–Crippen LogP) is 3.76. The predicted molar refractivity (Wildman–Crippen MR) is 74.1 cm³/mol. The molecule has 2 atom stereocenters. The molecule has 0 aromatic heterocycles. The zero-order valence-corrected chi connectivity index (χ0v) is 11.8. The second-order valence-electron chi connectivity index (χ2n) is 5.67. The summed E-state index contributed by atoms with van der Waals surface area (Å²) in [6, 6.07) is 7.74. The molecule has 18 heavy (non-hydrogen) atoms. The van der Waals surface area contributed by atoms with E-state index in [2.05, 4.69) is 13.8 Å². The molecule has 0 spiro atoms. The molecule has 0 aliphatic carbocycles. The van der Waals surface area contributed by atoms with E-state index < -0.39 is 0 Å². The first-order valence-corrected chi connectivity index (χ1v) is 6.93. The van der Waals surface area contributed by atoms with Gasteiger partial charge in [-0.1, -0.05) is 29.8 Å². The molecule has 1 aliphatic rings. The van der Waals surface area contributed by atoms with E-state index in [1.54, 1.807) is 0 Å². The minimum Gasteiger partial charge on any atom is -0.396 e. The molecule has 0 saturated carbocycles. The third kappa shape index (κ3) is 3.25. The summed E-state index contributed by atoms with van der Waals surface area (Å²) in [7, 11) is 0. The number of benzene rings is 1. The molecule has 0 amide bonds. The highest BCUT2D eigenvalue weighted by molar-refractivity contribution is 6.31. The standard InChI is InChI=1S/C15H21ClO2/c1-15(2)8-7-12(18-15)9-11(10-17)13-5-3-4-6-14(13)16/h3-6,11-12,17H,7-10H2,1-2H3. The van der Waals surface area contributed by atoms with Gasteiger partial charge in [0.25, 0.3) is 0 Å². The molecule has 0 bridgehead atoms. The van der Waals surface area contributed by atoms with Crippen LogP contribution in [-0.4, -0.2) is 23.4 Å². The van der Waals surface area contributed by atoms with Crippen LogP contribution in [0.1, 0.15) is 44.6 Å². The summed E-state index contributed by atoms with van der Waals surface area (Å²) in [5.74, 6) is 0.0672. The Kier molecular flexibility index (Phi) is 4.31. The summed E-state index contributed by atoms with van der Waals surface area (Å²) in [4.78, 5) is 0. The molecule has 2 rings (SSSR count). The van der Waals surface area contributed by atoms with Gasteiger partial charge >= 0.3 is 0 Å². The Balaban J connectivity index is 2.05. The fraction of sp³-hybridized carbons (Fsp3) is 0.600. The van der Waals surface area contributed by atoms with Crippen LogP contribution in [0.15, 0.2) is 24.3 Å². The molecular weight excluding hydrogens is 248 g/mol. The Labute approximate surface area is 114 Å². The lowest BCUT2D eigenvalue weighted by Gasteiger charge is -2.23. The van der Waals surface area contributed by atoms with Gasteiger partial charge in [0.1, 0.15) is 0 Å². The van der Waals surface area contributed by atoms with Gasteiger partial charge in [0, 0.05) is 10.9 Å². The Morgan fingerprint density at radius 3 is 2.72 bits per heavy atom. The van der Waals surface area contributed by atoms with Crippen molar-refractivity contribution < 1.29 is 9.84 Å². The molecular formula is C15H21ClO2. The van der Waals surface area contributed by atoms with E-state index in [9.17, 15) is 5.11 Å². The topological polar surface area (TPSA) is 29.5 Å². The normalized spacial score (nSPS) is 24.1. The van der Waals surface area contributed by atoms with Crippen LogP contribution >= 0.6 is 11.6 Å². The summed E-state index contributed by atoms with van der Waals surface area (Å²) in [6.07, 6.45) is 3.21. The van der Waals surface area contributed by atoms with E-state index >= 15 is 0 Å². The van der Waals surface area contributed by atoms with Crippen molar-refractivity contribution in [2.45, 2.75) is 50.7 Å². The fourth-order valence-electron chi connectivity index (χ4n) is 2.67. The van der Waals surface area contributed by atoms with Gasteiger partial charge in [-0.2, -0.15) is 0 Å². The van der Waals surface area contributed by atoms with Gasteiger partial charge in [-0.05, 0) is 44.7 Å². The van der Waals surface area contributed by atoms with Crippen molar-refractivity contribution in [3.8, 4) is 0 Å². The molecule has 1 N–H and O–H groups in total. The zero-order valence-electron chi connectivity index (χ0n) is 11.0. The number of halogens is 1. The molecule has 3 heteroatoms. The highest BCUT2D eigenvalue weighted by Gasteiger charge is 2.33. The molecule has 1 aromatic carbocycles. The van der Waals surface area contributed by atoms with E-state index in [0.717, 1.165) is 29.8 Å². The third-order valence-electron chi connectivity index (χ3n) is 3.67. The van der Waals surface area contributed by atoms with Gasteiger partial charge in [0.15, 0.2) is 0 Å². The Bertz CT molecular complexity index is 403. The highest BCUT2D eigenvalue weighted by Crippen LogP contribution is 2.36. The maximum atomic E-state index is 9.58. The maximum absolute atomic E-state index is 9.58. The van der Waals surface area contributed by atoms with Crippen molar-refractivity contribution in [1.82, 2.24) is 0 Å². The van der Waals surface area contributed by atoms with Gasteiger partial charge in [0.2, 0.25) is 0 Å². The summed E-state index contributed by atoms with van der Waals surface area (Å²) in [6.45, 7) is 4.36. The number of hydrogen-bond donors (Lipinski definition) is 1. The lowest BCUT2D eigenvalue weighted by Crippen LogP contribution is -2.22. The van der Waals surface area contributed by atoms with Gasteiger partial charge in [-0.25, -0.2) is 0 Å². The summed E-state index contributed by atoms with van der Waals surface area (Å²) >= 11 is 6.19. The van der Waals surface area contributed by atoms with Crippen molar-refractivity contribution in [2.24, 2.45) is 0 Å². The molecule has 1 aliphatic heterocycles. The molecule has 100 valence electrons. The smallest absolute Gasteiger partial charge is 0.0631 e. The van der Waals surface area contributed by atoms with Crippen LogP contribution in [0.25, 0.3) is 0 Å². The first-order valence-electron chi connectivity index (χ1n) is 6.55. The summed E-state index contributed by atoms with van der Waals surface area (Å²) in [5.41, 5.74) is 1.00. The Morgan fingerprint density at radius 1 is 1.44 bits per heavy atom. The van der Waals surface area contributed by atoms with Crippen LogP contribution in [0.3, 0.4) is 0 Å². The van der Waals surface area contributed by atoms with Gasteiger partial charge in [-0.15, -0.1) is 0 Å². The average Bonchev–Trinajstić information content (AvgIpc) is 2.67. The molecule has 1 aromatic rings. The van der Waals surface area contributed by atoms with Crippen molar-refractivity contribution in [3.05, 3.63) is 34.9 Å². The number of rotatable bonds is 4. The van der Waals surface area contributed by atoms with Crippen molar-refractivity contribution in [1.29, 1.82) is 0 Å². The fourth-order valence-corrected chi connectivity index (χ4v) is 2.96. The molecule has 0 radical (unpaired) electrons. The lowest BCUT2D eigenvalue weighted by molar-refractivity contribution is -0.0229. The molecule has 1 heterocycles. The van der Waals surface area contributed by atoms with E-state index in [1.807, 2.05) is 24.3 Å². The van der Waals surface area contributed by atoms with E-state index in [1.165, 1.54) is 0 Å². The molecule has 2 unspecified atom stereocenters. The van der Waals surface area contributed by atoms with Gasteiger partial charge < -0.3 is 9.84 Å². The maximum Gasteiger partial charge on any atom is 0.0631 e. The van der Waals surface area contributed by atoms with Crippen molar-refractivity contribution >= 4 is 11.6 Å². The van der Waals surface area contributed by atoms with E-state index in [-0.39, 0.29) is 24.2 Å². The van der Waals surface area contributed by atoms with Gasteiger partial charge in [0.05, 0.1) is 18.3 Å². The number of ether oxygens (including phenoxy) is 1. The highest BCUT2D eigenvalue weighted by atomic mass is 35.5. The minimum atomic E-state index is -0.0227. The first kappa shape index (κ1) is 13.9. The largest absolute Gasteiger partial charge is 0.396 e. The van der Waals surface area contributed by atoms with Crippen LogP contribution in [0, 0.1) is 0 Å². The van der Waals surface area contributed by atoms with E-state index in [0.29, 0.717) is 0 Å². The van der Waals surface area contributed by atoms with Crippen molar-refractivity contribution in [3.63, 3.8) is 0 Å². The molecule has 1 fully saturated rings. The second-order valence-corrected chi connectivity index (χ2v) is 6.08. The number of aliphatic hydroxyl groups is 1. The molecule has 1 saturated heterocycles. The molecule has 2 nitrogen and oxygen atoms in total. The van der Waals surface area contributed by atoms with Crippen LogP contribution in [-0.2, 0) is 4.74 Å². The third-order valence-corrected chi connectivity index (χ3v) is 4.01. The van der Waals surface area contributed by atoms with E-state index in [4.69, 9.17) is 16.3 Å².